The predicted molar refractivity (Wildman–Crippen MR) is 67.4 cm³/mol. The van der Waals surface area contributed by atoms with E-state index in [1.807, 2.05) is 5.38 Å². The van der Waals surface area contributed by atoms with Gasteiger partial charge in [0, 0.05) is 24.0 Å². The quantitative estimate of drug-likeness (QED) is 0.869. The molecule has 3 rings (SSSR count). The van der Waals surface area contributed by atoms with Gasteiger partial charge in [-0.05, 0) is 19.4 Å². The summed E-state index contributed by atoms with van der Waals surface area (Å²) in [5.74, 6) is 0.807. The first-order valence-corrected chi connectivity index (χ1v) is 6.52. The molecule has 0 spiro atoms. The van der Waals surface area contributed by atoms with Crippen LogP contribution in [0.5, 0.6) is 0 Å². The van der Waals surface area contributed by atoms with Gasteiger partial charge in [0.15, 0.2) is 10.9 Å². The van der Waals surface area contributed by atoms with Crippen LogP contribution in [0.4, 0.5) is 10.9 Å². The van der Waals surface area contributed by atoms with Crippen molar-refractivity contribution in [3.05, 3.63) is 29.7 Å². The molecule has 2 N–H and O–H groups in total. The highest BCUT2D eigenvalue weighted by molar-refractivity contribution is 7.13. The standard InChI is InChI=1S/C11H13N5S/c1-2-8(12-3-1)9-10(14-5-4-13-9)16-11-15-6-7-17-11/h4-8,12H,1-3H2,(H,14,15,16). The van der Waals surface area contributed by atoms with Gasteiger partial charge in [-0.15, -0.1) is 11.3 Å². The SMILES string of the molecule is c1csc(Nc2nccnc2C2CCCN2)n1. The van der Waals surface area contributed by atoms with Gasteiger partial charge < -0.3 is 10.6 Å². The van der Waals surface area contributed by atoms with Crippen LogP contribution in [0.2, 0.25) is 0 Å². The molecule has 0 aromatic carbocycles. The van der Waals surface area contributed by atoms with Crippen LogP contribution >= 0.6 is 11.3 Å². The van der Waals surface area contributed by atoms with Gasteiger partial charge >= 0.3 is 0 Å². The first-order chi connectivity index (χ1) is 8.43. The summed E-state index contributed by atoms with van der Waals surface area (Å²) in [7, 11) is 0. The van der Waals surface area contributed by atoms with Crippen LogP contribution < -0.4 is 10.6 Å². The number of hydrogen-bond donors (Lipinski definition) is 2. The molecule has 0 bridgehead atoms. The van der Waals surface area contributed by atoms with Crippen molar-refractivity contribution in [3.8, 4) is 0 Å². The Hall–Kier alpha value is -1.53. The van der Waals surface area contributed by atoms with Gasteiger partial charge in [0.2, 0.25) is 0 Å². The number of nitrogens with zero attached hydrogens (tertiary/aromatic N) is 3. The van der Waals surface area contributed by atoms with E-state index in [-0.39, 0.29) is 0 Å². The van der Waals surface area contributed by atoms with E-state index < -0.39 is 0 Å². The maximum absolute atomic E-state index is 4.43. The maximum Gasteiger partial charge on any atom is 0.188 e. The normalized spacial score (nSPS) is 19.4. The largest absolute Gasteiger partial charge is 0.315 e. The Bertz CT molecular complexity index is 478. The molecule has 1 saturated heterocycles. The Balaban J connectivity index is 1.87. The summed E-state index contributed by atoms with van der Waals surface area (Å²) < 4.78 is 0. The molecule has 0 radical (unpaired) electrons. The number of aromatic nitrogens is 3. The monoisotopic (exact) mass is 247 g/mol. The van der Waals surface area contributed by atoms with Gasteiger partial charge in [-0.25, -0.2) is 9.97 Å². The smallest absolute Gasteiger partial charge is 0.188 e. The Morgan fingerprint density at radius 3 is 2.94 bits per heavy atom. The zero-order chi connectivity index (χ0) is 11.5. The second kappa shape index (κ2) is 4.77. The highest BCUT2D eigenvalue weighted by Gasteiger charge is 2.21. The van der Waals surface area contributed by atoms with Crippen LogP contribution in [0.15, 0.2) is 24.0 Å². The molecule has 1 aliphatic heterocycles. The molecule has 1 unspecified atom stereocenters. The molecule has 1 atom stereocenters. The molecule has 1 aliphatic rings. The Morgan fingerprint density at radius 2 is 2.18 bits per heavy atom. The van der Waals surface area contributed by atoms with Gasteiger partial charge in [0.1, 0.15) is 0 Å². The first-order valence-electron chi connectivity index (χ1n) is 5.64. The molecule has 5 nitrogen and oxygen atoms in total. The lowest BCUT2D eigenvalue weighted by Crippen LogP contribution is -2.16. The second-order valence-corrected chi connectivity index (χ2v) is 4.80. The molecule has 0 aliphatic carbocycles. The van der Waals surface area contributed by atoms with Gasteiger partial charge in [-0.3, -0.25) is 4.98 Å². The lowest BCUT2D eigenvalue weighted by molar-refractivity contribution is 0.627. The molecule has 17 heavy (non-hydrogen) atoms. The number of thiazole rings is 1. The van der Waals surface area contributed by atoms with Crippen LogP contribution in [0.1, 0.15) is 24.6 Å². The summed E-state index contributed by atoms with van der Waals surface area (Å²) in [6, 6.07) is 0.311. The fourth-order valence-electron chi connectivity index (χ4n) is 2.00. The number of anilines is 2. The van der Waals surface area contributed by atoms with Crippen LogP contribution in [-0.4, -0.2) is 21.5 Å². The summed E-state index contributed by atoms with van der Waals surface area (Å²) in [4.78, 5) is 13.0. The highest BCUT2D eigenvalue weighted by atomic mass is 32.1. The van der Waals surface area contributed by atoms with Gasteiger partial charge in [-0.2, -0.15) is 0 Å². The fraction of sp³-hybridized carbons (Fsp3) is 0.364. The summed E-state index contributed by atoms with van der Waals surface area (Å²) in [6.07, 6.45) is 7.52. The molecule has 0 amide bonds. The predicted octanol–water partition coefficient (Wildman–Crippen LogP) is 2.10. The Labute approximate surface area is 103 Å². The zero-order valence-corrected chi connectivity index (χ0v) is 10.1. The Morgan fingerprint density at radius 1 is 1.24 bits per heavy atom. The van der Waals surface area contributed by atoms with E-state index in [4.69, 9.17) is 0 Å². The topological polar surface area (TPSA) is 62.7 Å². The molecule has 6 heteroatoms. The van der Waals surface area contributed by atoms with Crippen molar-refractivity contribution in [1.82, 2.24) is 20.3 Å². The molecule has 2 aromatic rings. The molecule has 1 fully saturated rings. The van der Waals surface area contributed by atoms with Crippen molar-refractivity contribution >= 4 is 22.3 Å². The molecular formula is C11H13N5S. The summed E-state index contributed by atoms with van der Waals surface area (Å²) in [5.41, 5.74) is 0.986. The third-order valence-electron chi connectivity index (χ3n) is 2.77. The number of hydrogen-bond acceptors (Lipinski definition) is 6. The van der Waals surface area contributed by atoms with E-state index in [1.54, 1.807) is 29.9 Å². The van der Waals surface area contributed by atoms with Crippen LogP contribution in [-0.2, 0) is 0 Å². The van der Waals surface area contributed by atoms with E-state index >= 15 is 0 Å². The molecule has 0 saturated carbocycles. The van der Waals surface area contributed by atoms with Crippen molar-refractivity contribution in [1.29, 1.82) is 0 Å². The van der Waals surface area contributed by atoms with Crippen LogP contribution in [0.3, 0.4) is 0 Å². The first kappa shape index (κ1) is 10.6. The van der Waals surface area contributed by atoms with E-state index in [0.717, 1.165) is 29.6 Å². The van der Waals surface area contributed by atoms with Crippen molar-refractivity contribution in [2.24, 2.45) is 0 Å². The molecule has 3 heterocycles. The van der Waals surface area contributed by atoms with Gasteiger partial charge in [0.25, 0.3) is 0 Å². The van der Waals surface area contributed by atoms with E-state index in [1.165, 1.54) is 6.42 Å². The zero-order valence-electron chi connectivity index (χ0n) is 9.26. The lowest BCUT2D eigenvalue weighted by atomic mass is 10.1. The highest BCUT2D eigenvalue weighted by Crippen LogP contribution is 2.28. The second-order valence-electron chi connectivity index (χ2n) is 3.90. The average molecular weight is 247 g/mol. The van der Waals surface area contributed by atoms with Crippen molar-refractivity contribution < 1.29 is 0 Å². The minimum atomic E-state index is 0.311. The van der Waals surface area contributed by atoms with Crippen LogP contribution in [0.25, 0.3) is 0 Å². The lowest BCUT2D eigenvalue weighted by Gasteiger charge is -2.13. The summed E-state index contributed by atoms with van der Waals surface area (Å²) >= 11 is 1.56. The van der Waals surface area contributed by atoms with E-state index in [9.17, 15) is 0 Å². The Kier molecular flexibility index (Phi) is 2.98. The van der Waals surface area contributed by atoms with Crippen molar-refractivity contribution in [2.45, 2.75) is 18.9 Å². The third-order valence-corrected chi connectivity index (χ3v) is 3.46. The van der Waals surface area contributed by atoms with E-state index in [0.29, 0.717) is 6.04 Å². The molecule has 2 aromatic heterocycles. The number of rotatable bonds is 3. The minimum absolute atomic E-state index is 0.311. The van der Waals surface area contributed by atoms with E-state index in [2.05, 4.69) is 25.6 Å². The third kappa shape index (κ3) is 2.27. The number of nitrogens with one attached hydrogen (secondary N) is 2. The van der Waals surface area contributed by atoms with Gasteiger partial charge in [0.05, 0.1) is 11.7 Å². The maximum atomic E-state index is 4.43. The van der Waals surface area contributed by atoms with Crippen molar-refractivity contribution in [2.75, 3.05) is 11.9 Å². The minimum Gasteiger partial charge on any atom is -0.315 e. The molecule has 88 valence electrons. The van der Waals surface area contributed by atoms with Crippen molar-refractivity contribution in [3.63, 3.8) is 0 Å². The summed E-state index contributed by atoms with van der Waals surface area (Å²) in [5, 5.41) is 9.44. The average Bonchev–Trinajstić information content (AvgIpc) is 3.01. The van der Waals surface area contributed by atoms with Crippen LogP contribution in [0, 0.1) is 0 Å². The molecular weight excluding hydrogens is 234 g/mol. The van der Waals surface area contributed by atoms with Gasteiger partial charge in [-0.1, -0.05) is 0 Å². The summed E-state index contributed by atoms with van der Waals surface area (Å²) in [6.45, 7) is 1.05. The fourth-order valence-corrected chi connectivity index (χ4v) is 2.53.